The van der Waals surface area contributed by atoms with Crippen molar-refractivity contribution in [3.63, 3.8) is 0 Å². The molecule has 1 aliphatic rings. The number of piperazine rings is 1. The van der Waals surface area contributed by atoms with Gasteiger partial charge in [0.15, 0.2) is 0 Å². The van der Waals surface area contributed by atoms with Crippen molar-refractivity contribution in [2.24, 2.45) is 0 Å². The number of nitrogens with zero attached hydrogens (tertiary/aromatic N) is 1. The molecule has 1 fully saturated rings. The molecule has 0 saturated carbocycles. The second kappa shape index (κ2) is 5.09. The summed E-state index contributed by atoms with van der Waals surface area (Å²) >= 11 is 0. The Morgan fingerprint density at radius 2 is 2.21 bits per heavy atom. The van der Waals surface area contributed by atoms with E-state index in [1.54, 1.807) is 19.1 Å². The maximum Gasteiger partial charge on any atom is 0.249 e. The van der Waals surface area contributed by atoms with Crippen LogP contribution < -0.4 is 5.32 Å². The molecule has 3 amide bonds. The van der Waals surface area contributed by atoms with E-state index in [1.807, 2.05) is 0 Å². The molecule has 100 valence electrons. The molecular formula is C13H14N2O4. The summed E-state index contributed by atoms with van der Waals surface area (Å²) < 4.78 is 0. The van der Waals surface area contributed by atoms with Gasteiger partial charge in [-0.05, 0) is 24.6 Å². The van der Waals surface area contributed by atoms with Gasteiger partial charge >= 0.3 is 0 Å². The first kappa shape index (κ1) is 13.1. The molecule has 2 N–H and O–H groups in total. The summed E-state index contributed by atoms with van der Waals surface area (Å²) in [7, 11) is 0. The zero-order valence-electron chi connectivity index (χ0n) is 10.4. The van der Waals surface area contributed by atoms with Gasteiger partial charge in [-0.3, -0.25) is 19.7 Å². The number of benzene rings is 1. The summed E-state index contributed by atoms with van der Waals surface area (Å²) in [5.74, 6) is -1.19. The number of carbonyl (C=O) groups excluding carboxylic acids is 3. The zero-order chi connectivity index (χ0) is 14.0. The van der Waals surface area contributed by atoms with Gasteiger partial charge in [-0.15, -0.1) is 0 Å². The highest BCUT2D eigenvalue weighted by Gasteiger charge is 2.33. The van der Waals surface area contributed by atoms with Crippen LogP contribution in [0.1, 0.15) is 12.5 Å². The Bertz CT molecular complexity index is 541. The molecule has 1 aromatic rings. The quantitative estimate of drug-likeness (QED) is 0.723. The van der Waals surface area contributed by atoms with Crippen LogP contribution >= 0.6 is 0 Å². The summed E-state index contributed by atoms with van der Waals surface area (Å²) in [5, 5.41) is 11.5. The Labute approximate surface area is 110 Å². The van der Waals surface area contributed by atoms with Crippen LogP contribution in [0.15, 0.2) is 24.3 Å². The molecule has 19 heavy (non-hydrogen) atoms. The van der Waals surface area contributed by atoms with Gasteiger partial charge in [0.1, 0.15) is 18.3 Å². The fraction of sp³-hybridized carbons (Fsp3) is 0.308. The zero-order valence-corrected chi connectivity index (χ0v) is 10.4. The van der Waals surface area contributed by atoms with E-state index >= 15 is 0 Å². The minimum atomic E-state index is -0.664. The SMILES string of the molecule is CC1C(=O)NC(=O)CN1C(=O)Cc1cccc(O)c1. The fourth-order valence-electron chi connectivity index (χ4n) is 1.96. The molecule has 1 unspecified atom stereocenters. The number of phenols is 1. The first-order chi connectivity index (χ1) is 8.97. The fourth-order valence-corrected chi connectivity index (χ4v) is 1.96. The van der Waals surface area contributed by atoms with E-state index in [-0.39, 0.29) is 24.6 Å². The van der Waals surface area contributed by atoms with Crippen molar-refractivity contribution < 1.29 is 19.5 Å². The molecule has 0 bridgehead atoms. The number of imide groups is 1. The van der Waals surface area contributed by atoms with Crippen molar-refractivity contribution >= 4 is 17.7 Å². The standard InChI is InChI=1S/C13H14N2O4/c1-8-13(19)14-11(17)7-15(8)12(18)6-9-3-2-4-10(16)5-9/h2-5,8,16H,6-7H2,1H3,(H,14,17,19). The number of aromatic hydroxyl groups is 1. The number of amides is 3. The summed E-state index contributed by atoms with van der Waals surface area (Å²) in [6, 6.07) is 5.66. The van der Waals surface area contributed by atoms with Crippen LogP contribution in [0.4, 0.5) is 0 Å². The summed E-state index contributed by atoms with van der Waals surface area (Å²) in [6.07, 6.45) is 0.0410. The van der Waals surface area contributed by atoms with Gasteiger partial charge in [-0.1, -0.05) is 12.1 Å². The maximum atomic E-state index is 12.1. The van der Waals surface area contributed by atoms with Gasteiger partial charge in [0, 0.05) is 0 Å². The van der Waals surface area contributed by atoms with E-state index in [9.17, 15) is 19.5 Å². The molecule has 2 rings (SSSR count). The molecule has 1 heterocycles. The molecule has 0 radical (unpaired) electrons. The largest absolute Gasteiger partial charge is 0.508 e. The molecule has 0 spiro atoms. The van der Waals surface area contributed by atoms with E-state index in [1.165, 1.54) is 17.0 Å². The Morgan fingerprint density at radius 1 is 1.47 bits per heavy atom. The van der Waals surface area contributed by atoms with Crippen molar-refractivity contribution in [3.8, 4) is 5.75 Å². The topological polar surface area (TPSA) is 86.7 Å². The minimum Gasteiger partial charge on any atom is -0.508 e. The van der Waals surface area contributed by atoms with Gasteiger partial charge in [-0.25, -0.2) is 0 Å². The number of carbonyl (C=O) groups is 3. The number of nitrogens with one attached hydrogen (secondary N) is 1. The predicted molar refractivity (Wildman–Crippen MR) is 66.1 cm³/mol. The number of rotatable bonds is 2. The van der Waals surface area contributed by atoms with E-state index in [2.05, 4.69) is 5.32 Å². The first-order valence-corrected chi connectivity index (χ1v) is 5.88. The van der Waals surface area contributed by atoms with Crippen LogP contribution in [0.5, 0.6) is 5.75 Å². The highest BCUT2D eigenvalue weighted by Crippen LogP contribution is 2.14. The van der Waals surface area contributed by atoms with Gasteiger partial charge in [0.25, 0.3) is 0 Å². The van der Waals surface area contributed by atoms with Crippen molar-refractivity contribution in [2.75, 3.05) is 6.54 Å². The summed E-state index contributed by atoms with van der Waals surface area (Å²) in [6.45, 7) is 1.45. The van der Waals surface area contributed by atoms with Crippen molar-refractivity contribution in [3.05, 3.63) is 29.8 Å². The number of phenolic OH excluding ortho intramolecular Hbond substituents is 1. The molecule has 1 saturated heterocycles. The molecule has 1 aromatic carbocycles. The maximum absolute atomic E-state index is 12.1. The van der Waals surface area contributed by atoms with E-state index in [0.29, 0.717) is 5.56 Å². The average Bonchev–Trinajstić information content (AvgIpc) is 2.33. The molecular weight excluding hydrogens is 248 g/mol. The number of hydrogen-bond acceptors (Lipinski definition) is 4. The minimum absolute atomic E-state index is 0.0410. The lowest BCUT2D eigenvalue weighted by atomic mass is 10.1. The lowest BCUT2D eigenvalue weighted by Crippen LogP contribution is -2.58. The average molecular weight is 262 g/mol. The van der Waals surface area contributed by atoms with E-state index in [4.69, 9.17) is 0 Å². The Hall–Kier alpha value is -2.37. The highest BCUT2D eigenvalue weighted by molar-refractivity contribution is 6.04. The van der Waals surface area contributed by atoms with Crippen LogP contribution in [0, 0.1) is 0 Å². The highest BCUT2D eigenvalue weighted by atomic mass is 16.3. The van der Waals surface area contributed by atoms with Crippen LogP contribution in [-0.2, 0) is 20.8 Å². The Morgan fingerprint density at radius 3 is 2.89 bits per heavy atom. The van der Waals surface area contributed by atoms with Crippen LogP contribution in [0.3, 0.4) is 0 Å². The molecule has 6 heteroatoms. The van der Waals surface area contributed by atoms with Crippen molar-refractivity contribution in [1.82, 2.24) is 10.2 Å². The predicted octanol–water partition coefficient (Wildman–Crippen LogP) is -0.192. The van der Waals surface area contributed by atoms with Crippen LogP contribution in [0.2, 0.25) is 0 Å². The monoisotopic (exact) mass is 262 g/mol. The second-order valence-electron chi connectivity index (χ2n) is 4.46. The summed E-state index contributed by atoms with van der Waals surface area (Å²) in [4.78, 5) is 36.1. The van der Waals surface area contributed by atoms with E-state index in [0.717, 1.165) is 0 Å². The molecule has 1 atom stereocenters. The van der Waals surface area contributed by atoms with E-state index < -0.39 is 17.9 Å². The van der Waals surface area contributed by atoms with Crippen LogP contribution in [-0.4, -0.2) is 40.3 Å². The molecule has 0 aromatic heterocycles. The van der Waals surface area contributed by atoms with Crippen molar-refractivity contribution in [2.45, 2.75) is 19.4 Å². The Balaban J connectivity index is 2.11. The second-order valence-corrected chi connectivity index (χ2v) is 4.46. The lowest BCUT2D eigenvalue weighted by molar-refractivity contribution is -0.149. The van der Waals surface area contributed by atoms with Gasteiger partial charge in [0.05, 0.1) is 6.42 Å². The lowest BCUT2D eigenvalue weighted by Gasteiger charge is -2.31. The normalized spacial score (nSPS) is 19.2. The Kier molecular flexibility index (Phi) is 3.50. The number of hydrogen-bond donors (Lipinski definition) is 2. The first-order valence-electron chi connectivity index (χ1n) is 5.88. The van der Waals surface area contributed by atoms with Gasteiger partial charge in [0.2, 0.25) is 17.7 Å². The van der Waals surface area contributed by atoms with Crippen molar-refractivity contribution in [1.29, 1.82) is 0 Å². The van der Waals surface area contributed by atoms with Gasteiger partial charge in [-0.2, -0.15) is 0 Å². The van der Waals surface area contributed by atoms with Gasteiger partial charge < -0.3 is 10.0 Å². The molecule has 0 aliphatic carbocycles. The third-order valence-corrected chi connectivity index (χ3v) is 3.01. The molecule has 1 aliphatic heterocycles. The van der Waals surface area contributed by atoms with Crippen LogP contribution in [0.25, 0.3) is 0 Å². The smallest absolute Gasteiger partial charge is 0.249 e. The summed E-state index contributed by atoms with van der Waals surface area (Å²) in [5.41, 5.74) is 0.635. The third-order valence-electron chi connectivity index (χ3n) is 3.01. The third kappa shape index (κ3) is 2.90. The molecule has 6 nitrogen and oxygen atoms in total.